The molecule has 12 heteroatoms. The zero-order valence-corrected chi connectivity index (χ0v) is 19.0. The molecule has 0 amide bonds. The zero-order valence-electron chi connectivity index (χ0n) is 19.0. The van der Waals surface area contributed by atoms with Crippen LogP contribution < -0.4 is 20.5 Å². The van der Waals surface area contributed by atoms with Crippen LogP contribution in [0.2, 0.25) is 0 Å². The van der Waals surface area contributed by atoms with Crippen LogP contribution in [0.25, 0.3) is 11.4 Å². The van der Waals surface area contributed by atoms with E-state index in [0.717, 1.165) is 12.1 Å². The maximum atomic E-state index is 12.9. The molecule has 0 aliphatic carbocycles. The van der Waals surface area contributed by atoms with E-state index in [2.05, 4.69) is 30.5 Å². The van der Waals surface area contributed by atoms with E-state index in [1.807, 2.05) is 20.8 Å². The summed E-state index contributed by atoms with van der Waals surface area (Å²) in [5.41, 5.74) is 5.46. The van der Waals surface area contributed by atoms with E-state index in [1.165, 1.54) is 18.2 Å². The van der Waals surface area contributed by atoms with Gasteiger partial charge in [0.05, 0.1) is 5.56 Å². The molecule has 4 aromatic rings. The molecule has 2 aromatic carbocycles. The lowest BCUT2D eigenvalue weighted by Gasteiger charge is -2.19. The second-order valence-electron chi connectivity index (χ2n) is 8.47. The molecule has 0 bridgehead atoms. The van der Waals surface area contributed by atoms with Gasteiger partial charge in [0.1, 0.15) is 17.2 Å². The minimum atomic E-state index is -4.44. The van der Waals surface area contributed by atoms with Crippen LogP contribution in [-0.4, -0.2) is 30.8 Å². The summed E-state index contributed by atoms with van der Waals surface area (Å²) >= 11 is 0. The molecule has 0 aliphatic heterocycles. The highest BCUT2D eigenvalue weighted by molar-refractivity contribution is 5.60. The number of alkyl halides is 3. The van der Waals surface area contributed by atoms with Crippen molar-refractivity contribution in [1.82, 2.24) is 25.1 Å². The van der Waals surface area contributed by atoms with Gasteiger partial charge in [-0.15, -0.1) is 5.10 Å². The van der Waals surface area contributed by atoms with Crippen LogP contribution in [-0.2, 0) is 6.18 Å². The maximum Gasteiger partial charge on any atom is 0.416 e. The van der Waals surface area contributed by atoms with Crippen LogP contribution in [0.15, 0.2) is 54.6 Å². The van der Waals surface area contributed by atoms with Gasteiger partial charge >= 0.3 is 12.2 Å². The normalized spacial score (nSPS) is 11.8. The molecule has 4 rings (SSSR count). The van der Waals surface area contributed by atoms with Crippen LogP contribution in [0.1, 0.15) is 26.3 Å². The SMILES string of the molecule is CC(C)(C)Oc1nc(N)cc(Oc2ccc(-c3nc(Nc4cccc(C(F)(F)F)c4)n[nH]3)cc2)n1. The number of nitrogens with one attached hydrogen (secondary N) is 2. The van der Waals surface area contributed by atoms with Gasteiger partial charge in [0, 0.05) is 17.3 Å². The molecule has 4 N–H and O–H groups in total. The lowest BCUT2D eigenvalue weighted by atomic mass is 10.2. The number of nitrogen functional groups attached to an aromatic ring is 1. The molecular weight excluding hydrogens is 463 g/mol. The second kappa shape index (κ2) is 9.12. The fourth-order valence-corrected chi connectivity index (χ4v) is 2.94. The highest BCUT2D eigenvalue weighted by Crippen LogP contribution is 2.31. The first-order valence-electron chi connectivity index (χ1n) is 10.4. The molecule has 0 unspecified atom stereocenters. The van der Waals surface area contributed by atoms with Crippen molar-refractivity contribution in [3.05, 3.63) is 60.2 Å². The average molecular weight is 485 g/mol. The molecule has 0 radical (unpaired) electrons. The average Bonchev–Trinajstić information content (AvgIpc) is 3.20. The van der Waals surface area contributed by atoms with E-state index in [4.69, 9.17) is 15.2 Å². The molecule has 0 fully saturated rings. The Labute approximate surface area is 198 Å². The zero-order chi connectivity index (χ0) is 25.2. The number of hydrogen-bond acceptors (Lipinski definition) is 8. The Morgan fingerprint density at radius 1 is 0.943 bits per heavy atom. The van der Waals surface area contributed by atoms with Crippen molar-refractivity contribution < 1.29 is 22.6 Å². The quantitative estimate of drug-likeness (QED) is 0.324. The summed E-state index contributed by atoms with van der Waals surface area (Å²) in [5.74, 6) is 1.45. The van der Waals surface area contributed by atoms with Crippen molar-refractivity contribution in [1.29, 1.82) is 0 Å². The molecule has 0 saturated heterocycles. The van der Waals surface area contributed by atoms with Crippen molar-refractivity contribution in [2.75, 3.05) is 11.1 Å². The maximum absolute atomic E-state index is 12.9. The number of H-pyrrole nitrogens is 1. The summed E-state index contributed by atoms with van der Waals surface area (Å²) in [7, 11) is 0. The molecular formula is C23H22F3N7O2. The van der Waals surface area contributed by atoms with Crippen LogP contribution in [0, 0.1) is 0 Å². The number of ether oxygens (including phenoxy) is 2. The fourth-order valence-electron chi connectivity index (χ4n) is 2.94. The number of benzene rings is 2. The van der Waals surface area contributed by atoms with E-state index in [1.54, 1.807) is 24.3 Å². The molecule has 0 spiro atoms. The van der Waals surface area contributed by atoms with E-state index < -0.39 is 17.3 Å². The van der Waals surface area contributed by atoms with E-state index in [0.29, 0.717) is 17.1 Å². The number of halogens is 3. The summed E-state index contributed by atoms with van der Waals surface area (Å²) in [5, 5.41) is 9.53. The van der Waals surface area contributed by atoms with Crippen molar-refractivity contribution in [3.8, 4) is 29.0 Å². The third-order valence-corrected chi connectivity index (χ3v) is 4.38. The van der Waals surface area contributed by atoms with Gasteiger partial charge in [0.2, 0.25) is 11.8 Å². The minimum absolute atomic E-state index is 0.103. The Bertz CT molecular complexity index is 1320. The second-order valence-corrected chi connectivity index (χ2v) is 8.47. The Hall–Kier alpha value is -4.35. The van der Waals surface area contributed by atoms with Crippen molar-refractivity contribution >= 4 is 17.5 Å². The van der Waals surface area contributed by atoms with Crippen molar-refractivity contribution in [2.45, 2.75) is 32.5 Å². The first-order valence-corrected chi connectivity index (χ1v) is 10.4. The van der Waals surface area contributed by atoms with Gasteiger partial charge in [-0.1, -0.05) is 6.07 Å². The molecule has 35 heavy (non-hydrogen) atoms. The number of hydrogen-bond donors (Lipinski definition) is 3. The number of aromatic nitrogens is 5. The van der Waals surface area contributed by atoms with Gasteiger partial charge in [-0.3, -0.25) is 5.10 Å². The Kier molecular flexibility index (Phi) is 6.20. The summed E-state index contributed by atoms with van der Waals surface area (Å²) in [4.78, 5) is 12.5. The Morgan fingerprint density at radius 2 is 1.69 bits per heavy atom. The van der Waals surface area contributed by atoms with E-state index in [9.17, 15) is 13.2 Å². The smallest absolute Gasteiger partial charge is 0.416 e. The minimum Gasteiger partial charge on any atom is -0.458 e. The topological polar surface area (TPSA) is 124 Å². The predicted octanol–water partition coefficient (Wildman–Crippen LogP) is 5.58. The van der Waals surface area contributed by atoms with Crippen molar-refractivity contribution in [3.63, 3.8) is 0 Å². The standard InChI is InChI=1S/C23H22F3N7O2/c1-22(2,3)35-21-29-17(27)12-18(30-21)34-16-9-7-13(8-10-16)19-31-20(33-32-19)28-15-6-4-5-14(11-15)23(24,25)26/h4-12H,1-3H3,(H2,27,29,30)(H2,28,31,32,33). The molecule has 0 atom stereocenters. The fraction of sp³-hybridized carbons (Fsp3) is 0.217. The molecule has 2 aromatic heterocycles. The Balaban J connectivity index is 1.45. The highest BCUT2D eigenvalue weighted by atomic mass is 19.4. The van der Waals surface area contributed by atoms with Gasteiger partial charge in [0.25, 0.3) is 0 Å². The first-order chi connectivity index (χ1) is 16.4. The van der Waals surface area contributed by atoms with Gasteiger partial charge in [-0.25, -0.2) is 0 Å². The third-order valence-electron chi connectivity index (χ3n) is 4.38. The molecule has 9 nitrogen and oxygen atoms in total. The number of rotatable bonds is 6. The number of nitrogens with zero attached hydrogens (tertiary/aromatic N) is 4. The van der Waals surface area contributed by atoms with Crippen LogP contribution >= 0.6 is 0 Å². The third kappa shape index (κ3) is 6.37. The lowest BCUT2D eigenvalue weighted by Crippen LogP contribution is -2.24. The highest BCUT2D eigenvalue weighted by Gasteiger charge is 2.30. The summed E-state index contributed by atoms with van der Waals surface area (Å²) in [6, 6.07) is 13.2. The molecule has 182 valence electrons. The van der Waals surface area contributed by atoms with Crippen molar-refractivity contribution in [2.24, 2.45) is 0 Å². The van der Waals surface area contributed by atoms with Gasteiger partial charge in [-0.2, -0.15) is 28.1 Å². The lowest BCUT2D eigenvalue weighted by molar-refractivity contribution is -0.137. The van der Waals surface area contributed by atoms with Crippen LogP contribution in [0.4, 0.5) is 30.6 Å². The first kappa shape index (κ1) is 23.8. The van der Waals surface area contributed by atoms with Gasteiger partial charge in [0.15, 0.2) is 5.82 Å². The summed E-state index contributed by atoms with van der Waals surface area (Å²) < 4.78 is 50.1. The Morgan fingerprint density at radius 3 is 2.37 bits per heavy atom. The summed E-state index contributed by atoms with van der Waals surface area (Å²) in [6.45, 7) is 5.59. The van der Waals surface area contributed by atoms with E-state index >= 15 is 0 Å². The largest absolute Gasteiger partial charge is 0.458 e. The number of nitrogens with two attached hydrogens (primary N) is 1. The van der Waals surface area contributed by atoms with Crippen LogP contribution in [0.5, 0.6) is 17.6 Å². The van der Waals surface area contributed by atoms with Crippen LogP contribution in [0.3, 0.4) is 0 Å². The van der Waals surface area contributed by atoms with Gasteiger partial charge < -0.3 is 20.5 Å². The molecule has 2 heterocycles. The van der Waals surface area contributed by atoms with E-state index in [-0.39, 0.29) is 29.3 Å². The predicted molar refractivity (Wildman–Crippen MR) is 123 cm³/mol. The molecule has 0 saturated carbocycles. The monoisotopic (exact) mass is 485 g/mol. The molecule has 0 aliphatic rings. The summed E-state index contributed by atoms with van der Waals surface area (Å²) in [6.07, 6.45) is -4.44. The number of aromatic amines is 1. The number of anilines is 3. The van der Waals surface area contributed by atoms with Gasteiger partial charge in [-0.05, 0) is 63.2 Å².